The third-order valence-electron chi connectivity index (χ3n) is 4.18. The molecule has 132 valence electrons. The van der Waals surface area contributed by atoms with Crippen molar-refractivity contribution < 1.29 is 0 Å². The minimum Gasteiger partial charge on any atom is -0.356 e. The molecule has 8 heteroatoms. The Morgan fingerprint density at radius 3 is 2.96 bits per heavy atom. The molecule has 1 fully saturated rings. The molecule has 5 nitrogen and oxygen atoms in total. The number of guanidine groups is 1. The number of rotatable bonds is 4. The number of likely N-dealkylation sites (tertiary alicyclic amines) is 1. The van der Waals surface area contributed by atoms with Crippen LogP contribution in [0.2, 0.25) is 4.34 Å². The van der Waals surface area contributed by atoms with Crippen molar-refractivity contribution in [3.05, 3.63) is 39.3 Å². The molecule has 1 N–H and O–H groups in total. The van der Waals surface area contributed by atoms with Crippen LogP contribution in [0.3, 0.4) is 0 Å². The van der Waals surface area contributed by atoms with E-state index >= 15 is 0 Å². The number of hydrogen-bond acceptors (Lipinski definition) is 3. The zero-order chi connectivity index (χ0) is 16.2. The SMILES string of the molecule is CN=C(NCCc1ccc(Cl)s1)N1CCC(c2cnn(C)c2)C1.I. The zero-order valence-electron chi connectivity index (χ0n) is 13.9. The van der Waals surface area contributed by atoms with E-state index in [1.54, 1.807) is 11.3 Å². The van der Waals surface area contributed by atoms with Crippen molar-refractivity contribution in [1.29, 1.82) is 0 Å². The molecule has 0 spiro atoms. The summed E-state index contributed by atoms with van der Waals surface area (Å²) in [5.74, 6) is 1.53. The minimum absolute atomic E-state index is 0. The van der Waals surface area contributed by atoms with Crippen LogP contribution in [0.4, 0.5) is 0 Å². The summed E-state index contributed by atoms with van der Waals surface area (Å²) in [5, 5.41) is 7.74. The average molecular weight is 480 g/mol. The second kappa shape index (κ2) is 9.05. The fourth-order valence-corrected chi connectivity index (χ4v) is 4.08. The minimum atomic E-state index is 0. The number of nitrogens with zero attached hydrogens (tertiary/aromatic N) is 4. The van der Waals surface area contributed by atoms with Crippen molar-refractivity contribution in [2.24, 2.45) is 12.0 Å². The Morgan fingerprint density at radius 1 is 1.50 bits per heavy atom. The van der Waals surface area contributed by atoms with Gasteiger partial charge in [0.05, 0.1) is 10.5 Å². The first-order valence-electron chi connectivity index (χ1n) is 7.84. The molecular weight excluding hydrogens is 457 g/mol. The lowest BCUT2D eigenvalue weighted by molar-refractivity contribution is 0.486. The van der Waals surface area contributed by atoms with Crippen LogP contribution in [0.25, 0.3) is 0 Å². The van der Waals surface area contributed by atoms with Gasteiger partial charge in [0.15, 0.2) is 5.96 Å². The van der Waals surface area contributed by atoms with Crippen LogP contribution in [0.15, 0.2) is 29.5 Å². The van der Waals surface area contributed by atoms with E-state index < -0.39 is 0 Å². The third kappa shape index (κ3) is 4.86. The molecule has 0 aromatic carbocycles. The second-order valence-electron chi connectivity index (χ2n) is 5.81. The van der Waals surface area contributed by atoms with Gasteiger partial charge < -0.3 is 10.2 Å². The maximum atomic E-state index is 5.97. The van der Waals surface area contributed by atoms with Crippen molar-refractivity contribution in [3.8, 4) is 0 Å². The van der Waals surface area contributed by atoms with Crippen LogP contribution in [0.5, 0.6) is 0 Å². The van der Waals surface area contributed by atoms with Crippen LogP contribution in [0, 0.1) is 0 Å². The van der Waals surface area contributed by atoms with E-state index in [0.29, 0.717) is 5.92 Å². The zero-order valence-corrected chi connectivity index (χ0v) is 17.8. The van der Waals surface area contributed by atoms with Gasteiger partial charge in [-0.3, -0.25) is 9.67 Å². The highest BCUT2D eigenvalue weighted by Gasteiger charge is 2.26. The summed E-state index contributed by atoms with van der Waals surface area (Å²) in [7, 11) is 3.81. The van der Waals surface area contributed by atoms with Crippen molar-refractivity contribution in [3.63, 3.8) is 0 Å². The molecule has 1 aliphatic heterocycles. The van der Waals surface area contributed by atoms with Crippen molar-refractivity contribution >= 4 is 52.9 Å². The van der Waals surface area contributed by atoms with Crippen molar-refractivity contribution in [1.82, 2.24) is 20.0 Å². The quantitative estimate of drug-likeness (QED) is 0.415. The summed E-state index contributed by atoms with van der Waals surface area (Å²) in [6.45, 7) is 2.90. The Bertz CT molecular complexity index is 684. The number of halogens is 2. The van der Waals surface area contributed by atoms with Crippen molar-refractivity contribution in [2.45, 2.75) is 18.8 Å². The number of aromatic nitrogens is 2. The molecular formula is C16H23ClIN5S. The van der Waals surface area contributed by atoms with Gasteiger partial charge in [-0.05, 0) is 30.5 Å². The molecule has 0 amide bonds. The molecule has 0 saturated carbocycles. The molecule has 0 radical (unpaired) electrons. The van der Waals surface area contributed by atoms with Gasteiger partial charge in [0.2, 0.25) is 0 Å². The van der Waals surface area contributed by atoms with Gasteiger partial charge in [0.1, 0.15) is 0 Å². The first-order chi connectivity index (χ1) is 11.2. The van der Waals surface area contributed by atoms with E-state index in [4.69, 9.17) is 11.6 Å². The smallest absolute Gasteiger partial charge is 0.193 e. The highest BCUT2D eigenvalue weighted by atomic mass is 127. The fraction of sp³-hybridized carbons (Fsp3) is 0.500. The molecule has 2 aromatic heterocycles. The lowest BCUT2D eigenvalue weighted by Crippen LogP contribution is -2.40. The highest BCUT2D eigenvalue weighted by molar-refractivity contribution is 14.0. The third-order valence-corrected chi connectivity index (χ3v) is 5.47. The summed E-state index contributed by atoms with van der Waals surface area (Å²) in [6, 6.07) is 4.04. The number of thiophene rings is 1. The maximum Gasteiger partial charge on any atom is 0.193 e. The Labute approximate surface area is 169 Å². The van der Waals surface area contributed by atoms with Gasteiger partial charge in [0.25, 0.3) is 0 Å². The lowest BCUT2D eigenvalue weighted by Gasteiger charge is -2.21. The summed E-state index contributed by atoms with van der Waals surface area (Å²) < 4.78 is 2.72. The topological polar surface area (TPSA) is 45.5 Å². The maximum absolute atomic E-state index is 5.97. The monoisotopic (exact) mass is 479 g/mol. The van der Waals surface area contributed by atoms with Gasteiger partial charge in [-0.2, -0.15) is 5.10 Å². The summed E-state index contributed by atoms with van der Waals surface area (Å²) >= 11 is 7.61. The van der Waals surface area contributed by atoms with E-state index in [0.717, 1.165) is 42.8 Å². The van der Waals surface area contributed by atoms with E-state index in [9.17, 15) is 0 Å². The fourth-order valence-electron chi connectivity index (χ4n) is 2.99. The van der Waals surface area contributed by atoms with E-state index in [1.165, 1.54) is 10.4 Å². The normalized spacial score (nSPS) is 17.9. The van der Waals surface area contributed by atoms with Gasteiger partial charge in [0, 0.05) is 50.7 Å². The first-order valence-corrected chi connectivity index (χ1v) is 9.03. The molecule has 0 bridgehead atoms. The molecule has 1 aliphatic rings. The molecule has 0 aliphatic carbocycles. The van der Waals surface area contributed by atoms with Gasteiger partial charge >= 0.3 is 0 Å². The largest absolute Gasteiger partial charge is 0.356 e. The Hall–Kier alpha value is -0.800. The second-order valence-corrected chi connectivity index (χ2v) is 7.61. The van der Waals surface area contributed by atoms with Crippen LogP contribution < -0.4 is 5.32 Å². The number of hydrogen-bond donors (Lipinski definition) is 1. The standard InChI is InChI=1S/C16H22ClN5S.HI/c1-18-16(19-7-5-14-3-4-15(17)23-14)22-8-6-12(11-22)13-9-20-21(2)10-13;/h3-4,9-10,12H,5-8,11H2,1-2H3,(H,18,19);1H. The molecule has 3 heterocycles. The predicted octanol–water partition coefficient (Wildman–Crippen LogP) is 3.36. The van der Waals surface area contributed by atoms with Crippen LogP contribution in [0.1, 0.15) is 22.8 Å². The Kier molecular flexibility index (Phi) is 7.36. The van der Waals surface area contributed by atoms with Crippen LogP contribution >= 0.6 is 46.9 Å². The first kappa shape index (κ1) is 19.5. The van der Waals surface area contributed by atoms with Crippen LogP contribution in [-0.4, -0.2) is 47.3 Å². The van der Waals surface area contributed by atoms with E-state index in [-0.39, 0.29) is 24.0 Å². The summed E-state index contributed by atoms with van der Waals surface area (Å²) in [6.07, 6.45) is 6.21. The molecule has 1 unspecified atom stereocenters. The molecule has 2 aromatic rings. The van der Waals surface area contributed by atoms with E-state index in [1.807, 2.05) is 31.0 Å². The highest BCUT2D eigenvalue weighted by Crippen LogP contribution is 2.26. The van der Waals surface area contributed by atoms with Crippen LogP contribution in [-0.2, 0) is 13.5 Å². The van der Waals surface area contributed by atoms with E-state index in [2.05, 4.69) is 32.6 Å². The average Bonchev–Trinajstić information content (AvgIpc) is 3.25. The summed E-state index contributed by atoms with van der Waals surface area (Å²) in [5.41, 5.74) is 1.32. The molecule has 1 saturated heterocycles. The molecule has 3 rings (SSSR count). The molecule has 1 atom stereocenters. The Balaban J connectivity index is 0.00000208. The molecule has 24 heavy (non-hydrogen) atoms. The lowest BCUT2D eigenvalue weighted by atomic mass is 10.0. The van der Waals surface area contributed by atoms with Gasteiger partial charge in [-0.15, -0.1) is 35.3 Å². The predicted molar refractivity (Wildman–Crippen MR) is 112 cm³/mol. The van der Waals surface area contributed by atoms with Gasteiger partial charge in [-0.1, -0.05) is 11.6 Å². The number of aliphatic imine (C=N–C) groups is 1. The van der Waals surface area contributed by atoms with Gasteiger partial charge in [-0.25, -0.2) is 0 Å². The number of nitrogens with one attached hydrogen (secondary N) is 1. The number of aryl methyl sites for hydroxylation is 1. The van der Waals surface area contributed by atoms with Crippen molar-refractivity contribution in [2.75, 3.05) is 26.7 Å². The Morgan fingerprint density at radius 2 is 2.33 bits per heavy atom. The summed E-state index contributed by atoms with van der Waals surface area (Å²) in [4.78, 5) is 8.06.